The summed E-state index contributed by atoms with van der Waals surface area (Å²) in [6, 6.07) is 5.23. The van der Waals surface area contributed by atoms with E-state index in [0.29, 0.717) is 29.9 Å². The maximum atomic E-state index is 12.5. The Bertz CT molecular complexity index is 694. The molecule has 0 saturated heterocycles. The van der Waals surface area contributed by atoms with Crippen LogP contribution in [-0.4, -0.2) is 26.6 Å². The van der Waals surface area contributed by atoms with E-state index in [1.54, 1.807) is 25.1 Å². The predicted octanol–water partition coefficient (Wildman–Crippen LogP) is 2.88. The largest absolute Gasteiger partial charge is 0.330 e. The van der Waals surface area contributed by atoms with Gasteiger partial charge in [0.15, 0.2) is 0 Å². The van der Waals surface area contributed by atoms with E-state index in [9.17, 15) is 13.2 Å². The summed E-state index contributed by atoms with van der Waals surface area (Å²) in [6.07, 6.45) is 3.42. The molecule has 1 saturated carbocycles. The van der Waals surface area contributed by atoms with Crippen molar-refractivity contribution >= 4 is 39.7 Å². The summed E-state index contributed by atoms with van der Waals surface area (Å²) >= 11 is 0. The highest BCUT2D eigenvalue weighted by Crippen LogP contribution is 2.33. The van der Waals surface area contributed by atoms with Gasteiger partial charge in [-0.05, 0) is 56.3 Å². The van der Waals surface area contributed by atoms with Crippen molar-refractivity contribution in [1.82, 2.24) is 0 Å². The molecule has 1 aromatic rings. The molecule has 142 valence electrons. The van der Waals surface area contributed by atoms with Gasteiger partial charge in [-0.25, -0.2) is 8.42 Å². The second kappa shape index (κ2) is 9.40. The van der Waals surface area contributed by atoms with Crippen molar-refractivity contribution in [3.05, 3.63) is 23.8 Å². The lowest BCUT2D eigenvalue weighted by Gasteiger charge is -2.19. The number of anilines is 2. The molecule has 1 aliphatic carbocycles. The van der Waals surface area contributed by atoms with Gasteiger partial charge in [-0.1, -0.05) is 19.4 Å². The number of halogens is 1. The molecular weight excluding hydrogens is 362 g/mol. The van der Waals surface area contributed by atoms with Crippen molar-refractivity contribution in [2.24, 2.45) is 17.6 Å². The maximum absolute atomic E-state index is 12.5. The molecule has 6 nitrogen and oxygen atoms in total. The van der Waals surface area contributed by atoms with Crippen molar-refractivity contribution in [1.29, 1.82) is 0 Å². The quantitative estimate of drug-likeness (QED) is 0.667. The summed E-state index contributed by atoms with van der Waals surface area (Å²) < 4.78 is 26.5. The van der Waals surface area contributed by atoms with E-state index in [1.165, 1.54) is 0 Å². The Morgan fingerprint density at radius 2 is 1.96 bits per heavy atom. The Labute approximate surface area is 156 Å². The van der Waals surface area contributed by atoms with Crippen molar-refractivity contribution in [3.63, 3.8) is 0 Å². The summed E-state index contributed by atoms with van der Waals surface area (Å²) in [4.78, 5) is 12.5. The Morgan fingerprint density at radius 3 is 2.60 bits per heavy atom. The second-order valence-corrected chi connectivity index (χ2v) is 8.26. The molecule has 0 heterocycles. The average molecular weight is 390 g/mol. The molecule has 0 unspecified atom stereocenters. The topological polar surface area (TPSA) is 101 Å². The van der Waals surface area contributed by atoms with Gasteiger partial charge >= 0.3 is 0 Å². The first kappa shape index (κ1) is 21.7. The normalized spacial score (nSPS) is 20.0. The molecule has 1 fully saturated rings. The standard InChI is InChI=1S/C17H27N3O3S.ClH/c1-3-10-24(22,23)20-16-9-5-8-15(12(16)2)19-17(21)14-7-4-6-13(14)11-18;/h5,8-9,13-14,20H,3-4,6-7,10-11,18H2,1-2H3,(H,19,21);1H/t13-,14-;/m1./s1. The van der Waals surface area contributed by atoms with E-state index < -0.39 is 10.0 Å². The molecular formula is C17H28ClN3O3S. The van der Waals surface area contributed by atoms with E-state index >= 15 is 0 Å². The first-order valence-electron chi connectivity index (χ1n) is 8.49. The van der Waals surface area contributed by atoms with Gasteiger partial charge in [0.05, 0.1) is 11.4 Å². The van der Waals surface area contributed by atoms with Gasteiger partial charge in [-0.15, -0.1) is 12.4 Å². The summed E-state index contributed by atoms with van der Waals surface area (Å²) in [5, 5.41) is 2.95. The van der Waals surface area contributed by atoms with Gasteiger partial charge < -0.3 is 11.1 Å². The zero-order valence-electron chi connectivity index (χ0n) is 14.7. The number of hydrogen-bond donors (Lipinski definition) is 3. The summed E-state index contributed by atoms with van der Waals surface area (Å²) in [5.41, 5.74) is 7.61. The molecule has 2 atom stereocenters. The van der Waals surface area contributed by atoms with E-state index in [0.717, 1.165) is 19.3 Å². The lowest BCUT2D eigenvalue weighted by atomic mass is 9.95. The highest BCUT2D eigenvalue weighted by atomic mass is 35.5. The first-order chi connectivity index (χ1) is 11.4. The summed E-state index contributed by atoms with van der Waals surface area (Å²) in [6.45, 7) is 4.14. The zero-order chi connectivity index (χ0) is 17.7. The number of carbonyl (C=O) groups excluding carboxylic acids is 1. The van der Waals surface area contributed by atoms with Crippen molar-refractivity contribution in [2.75, 3.05) is 22.3 Å². The van der Waals surface area contributed by atoms with Crippen LogP contribution in [0, 0.1) is 18.8 Å². The smallest absolute Gasteiger partial charge is 0.232 e. The van der Waals surface area contributed by atoms with Crippen molar-refractivity contribution in [2.45, 2.75) is 39.5 Å². The van der Waals surface area contributed by atoms with Crippen LogP contribution < -0.4 is 15.8 Å². The van der Waals surface area contributed by atoms with E-state index in [2.05, 4.69) is 10.0 Å². The fourth-order valence-corrected chi connectivity index (χ4v) is 4.45. The maximum Gasteiger partial charge on any atom is 0.232 e. The van der Waals surface area contributed by atoms with Crippen LogP contribution in [0.15, 0.2) is 18.2 Å². The van der Waals surface area contributed by atoms with Crippen LogP contribution in [0.25, 0.3) is 0 Å². The van der Waals surface area contributed by atoms with Gasteiger partial charge in [-0.2, -0.15) is 0 Å². The lowest BCUT2D eigenvalue weighted by Crippen LogP contribution is -2.30. The number of hydrogen-bond acceptors (Lipinski definition) is 4. The molecule has 0 bridgehead atoms. The number of carbonyl (C=O) groups is 1. The predicted molar refractivity (Wildman–Crippen MR) is 105 cm³/mol. The van der Waals surface area contributed by atoms with Crippen LogP contribution in [0.1, 0.15) is 38.2 Å². The minimum atomic E-state index is -3.36. The van der Waals surface area contributed by atoms with Crippen LogP contribution in [0.5, 0.6) is 0 Å². The molecule has 4 N–H and O–H groups in total. The Morgan fingerprint density at radius 1 is 1.28 bits per heavy atom. The molecule has 0 spiro atoms. The number of benzene rings is 1. The SMILES string of the molecule is CCCS(=O)(=O)Nc1cccc(NC(=O)[C@@H]2CCC[C@@H]2CN)c1C.Cl. The second-order valence-electron chi connectivity index (χ2n) is 6.42. The van der Waals surface area contributed by atoms with Gasteiger partial charge in [0.25, 0.3) is 0 Å². The fraction of sp³-hybridized carbons (Fsp3) is 0.588. The monoisotopic (exact) mass is 389 g/mol. The average Bonchev–Trinajstić information content (AvgIpc) is 2.99. The van der Waals surface area contributed by atoms with Crippen LogP contribution in [-0.2, 0) is 14.8 Å². The number of rotatable bonds is 7. The number of nitrogens with one attached hydrogen (secondary N) is 2. The zero-order valence-corrected chi connectivity index (χ0v) is 16.4. The molecule has 1 aliphatic rings. The number of sulfonamides is 1. The summed E-state index contributed by atoms with van der Waals surface area (Å²) in [7, 11) is -3.36. The molecule has 8 heteroatoms. The van der Waals surface area contributed by atoms with Crippen LogP contribution in [0.2, 0.25) is 0 Å². The highest BCUT2D eigenvalue weighted by Gasteiger charge is 2.32. The van der Waals surface area contributed by atoms with E-state index in [1.807, 2.05) is 6.92 Å². The third-order valence-corrected chi connectivity index (χ3v) is 6.11. The van der Waals surface area contributed by atoms with Crippen molar-refractivity contribution in [3.8, 4) is 0 Å². The number of amides is 1. The Balaban J connectivity index is 0.00000312. The molecule has 1 aromatic carbocycles. The van der Waals surface area contributed by atoms with Crippen LogP contribution in [0.3, 0.4) is 0 Å². The lowest BCUT2D eigenvalue weighted by molar-refractivity contribution is -0.120. The van der Waals surface area contributed by atoms with Gasteiger partial charge in [0.1, 0.15) is 0 Å². The minimum absolute atomic E-state index is 0. The van der Waals surface area contributed by atoms with Gasteiger partial charge in [0.2, 0.25) is 15.9 Å². The third-order valence-electron chi connectivity index (χ3n) is 4.63. The number of nitrogens with two attached hydrogens (primary N) is 1. The van der Waals surface area contributed by atoms with Crippen molar-refractivity contribution < 1.29 is 13.2 Å². The van der Waals surface area contributed by atoms with Gasteiger partial charge in [0, 0.05) is 11.6 Å². The fourth-order valence-electron chi connectivity index (χ4n) is 3.26. The molecule has 0 radical (unpaired) electrons. The molecule has 2 rings (SSSR count). The molecule has 0 aromatic heterocycles. The minimum Gasteiger partial charge on any atom is -0.330 e. The Kier molecular flexibility index (Phi) is 8.18. The van der Waals surface area contributed by atoms with Crippen LogP contribution >= 0.6 is 12.4 Å². The first-order valence-corrected chi connectivity index (χ1v) is 10.1. The highest BCUT2D eigenvalue weighted by molar-refractivity contribution is 7.92. The van der Waals surface area contributed by atoms with Gasteiger partial charge in [-0.3, -0.25) is 9.52 Å². The third kappa shape index (κ3) is 5.59. The Hall–Kier alpha value is -1.31. The van der Waals surface area contributed by atoms with Crippen LogP contribution in [0.4, 0.5) is 11.4 Å². The summed E-state index contributed by atoms with van der Waals surface area (Å²) in [5.74, 6) is 0.217. The molecule has 0 aliphatic heterocycles. The molecule has 1 amide bonds. The van der Waals surface area contributed by atoms with E-state index in [-0.39, 0.29) is 35.9 Å². The molecule has 25 heavy (non-hydrogen) atoms. The van der Waals surface area contributed by atoms with E-state index in [4.69, 9.17) is 5.73 Å².